The van der Waals surface area contributed by atoms with Gasteiger partial charge in [0, 0.05) is 0 Å². The van der Waals surface area contributed by atoms with Crippen LogP contribution in [0.3, 0.4) is 0 Å². The quantitative estimate of drug-likeness (QED) is 0.158. The van der Waals surface area contributed by atoms with Crippen LogP contribution in [0.2, 0.25) is 0 Å². The lowest BCUT2D eigenvalue weighted by Crippen LogP contribution is -2.36. The lowest BCUT2D eigenvalue weighted by Gasteiger charge is -2.40. The molecule has 0 bridgehead atoms. The molecular weight excluding hydrogens is 468 g/mol. The van der Waals surface area contributed by atoms with Crippen LogP contribution < -0.4 is 11.5 Å². The van der Waals surface area contributed by atoms with Gasteiger partial charge in [0.2, 0.25) is 0 Å². The summed E-state index contributed by atoms with van der Waals surface area (Å²) in [5.41, 5.74) is 13.4. The fourth-order valence-corrected chi connectivity index (χ4v) is 7.16. The largest absolute Gasteiger partial charge is 0.387 e. The van der Waals surface area contributed by atoms with E-state index in [1.165, 1.54) is 25.7 Å². The summed E-state index contributed by atoms with van der Waals surface area (Å²) >= 11 is 0. The average molecular weight is 519 g/mol. The Kier molecular flexibility index (Phi) is 11.5. The van der Waals surface area contributed by atoms with Crippen molar-refractivity contribution >= 4 is 45.7 Å². The molecule has 0 aromatic rings. The van der Waals surface area contributed by atoms with Gasteiger partial charge in [-0.05, 0) is 87.9 Å². The van der Waals surface area contributed by atoms with E-state index in [4.69, 9.17) is 21.5 Å². The second kappa shape index (κ2) is 12.3. The molecule has 4 nitrogen and oxygen atoms in total. The van der Waals surface area contributed by atoms with Crippen LogP contribution in [-0.4, -0.2) is 34.3 Å². The van der Waals surface area contributed by atoms with Gasteiger partial charge < -0.3 is 11.5 Å². The Balaban J connectivity index is 0.00000544. The number of nitrogens with two attached hydrogens (primary N) is 2. The number of hydrogen-bond acceptors (Lipinski definition) is 4. The van der Waals surface area contributed by atoms with Crippen LogP contribution in [0.4, 0.5) is 0 Å². The molecule has 0 aromatic carbocycles. The van der Waals surface area contributed by atoms with Gasteiger partial charge in [-0.2, -0.15) is 0 Å². The van der Waals surface area contributed by atoms with Crippen molar-refractivity contribution in [1.82, 2.24) is 0 Å². The molecule has 0 saturated heterocycles. The van der Waals surface area contributed by atoms with Gasteiger partial charge in [0.05, 0.1) is 22.6 Å². The van der Waals surface area contributed by atoms with Crippen molar-refractivity contribution in [2.75, 3.05) is 11.5 Å². The molecule has 2 fully saturated rings. The Morgan fingerprint density at radius 1 is 0.697 bits per heavy atom. The fourth-order valence-electron chi connectivity index (χ4n) is 5.40. The summed E-state index contributed by atoms with van der Waals surface area (Å²) in [4.78, 5) is 9.86. The first-order chi connectivity index (χ1) is 14.6. The van der Waals surface area contributed by atoms with Crippen molar-refractivity contribution in [2.45, 2.75) is 118 Å². The molecule has 0 radical (unpaired) electrons. The molecule has 0 aromatic heterocycles. The molecule has 0 amide bonds. The Labute approximate surface area is 218 Å². The van der Waals surface area contributed by atoms with Crippen LogP contribution in [0.25, 0.3) is 0 Å². The summed E-state index contributed by atoms with van der Waals surface area (Å²) < 4.78 is 0. The highest BCUT2D eigenvalue weighted by Gasteiger charge is 2.36. The molecule has 2 rings (SSSR count). The first-order valence-corrected chi connectivity index (χ1v) is 15.0. The number of hydrogen-bond donors (Lipinski definition) is 2. The first kappa shape index (κ1) is 31.0. The second-order valence-corrected chi connectivity index (χ2v) is 15.5. The van der Waals surface area contributed by atoms with Crippen LogP contribution >= 0.6 is 34.0 Å². The van der Waals surface area contributed by atoms with Crippen LogP contribution in [-0.2, 0) is 0 Å². The van der Waals surface area contributed by atoms with E-state index in [1.54, 1.807) is 21.6 Å². The lowest BCUT2D eigenvalue weighted by molar-refractivity contribution is 0.142. The standard InChI is InChI=1S/C26H50N4S2.ClH/c1-23(2,3)19-9-13-25(7,14-10-19)29-21(27)17-31-32-18-22(28)30-26(8)15-11-20(12-16-26)24(4,5)6;/h19-20H,9-18H2,1-8H3,(H2,27,29)(H2,28,30);1H. The van der Waals surface area contributed by atoms with Gasteiger partial charge in [0.25, 0.3) is 0 Å². The summed E-state index contributed by atoms with van der Waals surface area (Å²) in [5.74, 6) is 4.63. The molecule has 194 valence electrons. The van der Waals surface area contributed by atoms with E-state index in [1.807, 2.05) is 0 Å². The van der Waals surface area contributed by atoms with Gasteiger partial charge in [0.15, 0.2) is 0 Å². The molecule has 4 N–H and O–H groups in total. The predicted molar refractivity (Wildman–Crippen MR) is 155 cm³/mol. The van der Waals surface area contributed by atoms with Crippen molar-refractivity contribution in [3.05, 3.63) is 0 Å². The van der Waals surface area contributed by atoms with Gasteiger partial charge in [-0.1, -0.05) is 63.1 Å². The van der Waals surface area contributed by atoms with Gasteiger partial charge in [-0.25, -0.2) is 0 Å². The summed E-state index contributed by atoms with van der Waals surface area (Å²) in [6.45, 7) is 18.7. The van der Waals surface area contributed by atoms with Crippen molar-refractivity contribution in [3.63, 3.8) is 0 Å². The highest BCUT2D eigenvalue weighted by molar-refractivity contribution is 8.77. The van der Waals surface area contributed by atoms with E-state index < -0.39 is 0 Å². The number of amidine groups is 2. The molecule has 0 spiro atoms. The van der Waals surface area contributed by atoms with E-state index in [0.717, 1.165) is 60.7 Å². The maximum atomic E-state index is 6.30. The van der Waals surface area contributed by atoms with Gasteiger partial charge in [-0.15, -0.1) is 12.4 Å². The molecule has 2 saturated carbocycles. The van der Waals surface area contributed by atoms with Crippen LogP contribution in [0.1, 0.15) is 107 Å². The third kappa shape index (κ3) is 10.2. The monoisotopic (exact) mass is 518 g/mol. The van der Waals surface area contributed by atoms with Crippen LogP contribution in [0.15, 0.2) is 9.98 Å². The molecule has 2 aliphatic carbocycles. The zero-order chi connectivity index (χ0) is 24.2. The summed E-state index contributed by atoms with van der Waals surface area (Å²) in [5, 5.41) is 0. The SMILES string of the molecule is CC1(N=C(N)CSSCC(N)=NC2(C)CCC(C(C)(C)C)CC2)CCC(C(C)(C)C)CC1.Cl. The summed E-state index contributed by atoms with van der Waals surface area (Å²) in [6, 6.07) is 0. The van der Waals surface area contributed by atoms with Crippen molar-refractivity contribution in [2.24, 2.45) is 44.1 Å². The predicted octanol–water partition coefficient (Wildman–Crippen LogP) is 7.49. The molecule has 0 atom stereocenters. The normalized spacial score (nSPS) is 32.4. The number of rotatable bonds is 7. The number of aliphatic imine (C=N–C) groups is 2. The van der Waals surface area contributed by atoms with Gasteiger partial charge >= 0.3 is 0 Å². The highest BCUT2D eigenvalue weighted by atomic mass is 35.5. The molecule has 2 aliphatic rings. The highest BCUT2D eigenvalue weighted by Crippen LogP contribution is 2.44. The minimum Gasteiger partial charge on any atom is -0.387 e. The topological polar surface area (TPSA) is 76.8 Å². The maximum Gasteiger partial charge on any atom is 0.105 e. The van der Waals surface area contributed by atoms with Crippen LogP contribution in [0.5, 0.6) is 0 Å². The second-order valence-electron chi connectivity index (χ2n) is 13.0. The molecule has 33 heavy (non-hydrogen) atoms. The summed E-state index contributed by atoms with van der Waals surface area (Å²) in [7, 11) is 3.49. The molecule has 7 heteroatoms. The van der Waals surface area contributed by atoms with E-state index in [0.29, 0.717) is 10.8 Å². The minimum atomic E-state index is 0. The Hall–Kier alpha value is -0.0700. The third-order valence-corrected chi connectivity index (χ3v) is 10.1. The smallest absolute Gasteiger partial charge is 0.105 e. The zero-order valence-corrected chi connectivity index (χ0v) is 24.9. The summed E-state index contributed by atoms with van der Waals surface area (Å²) in [6.07, 6.45) is 9.57. The fraction of sp³-hybridized carbons (Fsp3) is 0.923. The van der Waals surface area contributed by atoms with Crippen LogP contribution in [0, 0.1) is 22.7 Å². The molecule has 0 aliphatic heterocycles. The van der Waals surface area contributed by atoms with E-state index in [9.17, 15) is 0 Å². The average Bonchev–Trinajstić information content (AvgIpc) is 2.63. The Morgan fingerprint density at radius 2 is 0.970 bits per heavy atom. The van der Waals surface area contributed by atoms with Crippen molar-refractivity contribution in [3.8, 4) is 0 Å². The molecular formula is C26H51ClN4S2. The first-order valence-electron chi connectivity index (χ1n) is 12.5. The Morgan fingerprint density at radius 3 is 1.21 bits per heavy atom. The van der Waals surface area contributed by atoms with E-state index in [2.05, 4.69) is 55.4 Å². The maximum absolute atomic E-state index is 6.30. The van der Waals surface area contributed by atoms with Gasteiger partial charge in [-0.3, -0.25) is 9.98 Å². The zero-order valence-electron chi connectivity index (χ0n) is 22.5. The van der Waals surface area contributed by atoms with Crippen molar-refractivity contribution in [1.29, 1.82) is 0 Å². The minimum absolute atomic E-state index is 0. The Bertz CT molecular complexity index is 605. The van der Waals surface area contributed by atoms with Crippen molar-refractivity contribution < 1.29 is 0 Å². The molecule has 0 unspecified atom stereocenters. The van der Waals surface area contributed by atoms with E-state index in [-0.39, 0.29) is 23.5 Å². The molecule has 0 heterocycles. The lowest BCUT2D eigenvalue weighted by atomic mass is 9.68. The number of nitrogens with zero attached hydrogens (tertiary/aromatic N) is 2. The van der Waals surface area contributed by atoms with E-state index >= 15 is 0 Å². The van der Waals surface area contributed by atoms with Gasteiger partial charge in [0.1, 0.15) is 11.7 Å². The number of halogens is 1. The third-order valence-electron chi connectivity index (χ3n) is 7.90.